The normalized spacial score (nSPS) is 14.6. The van der Waals surface area contributed by atoms with E-state index < -0.39 is 6.10 Å². The summed E-state index contributed by atoms with van der Waals surface area (Å²) in [7, 11) is 0. The van der Waals surface area contributed by atoms with Crippen molar-refractivity contribution in [3.05, 3.63) is 171 Å². The van der Waals surface area contributed by atoms with Gasteiger partial charge < -0.3 is 18.9 Å². The van der Waals surface area contributed by atoms with Gasteiger partial charge in [-0.3, -0.25) is 0 Å². The minimum atomic E-state index is -0.620. The molecule has 3 atom stereocenters. The Kier molecular flexibility index (Phi) is 11.9. The number of benzene rings is 5. The van der Waals surface area contributed by atoms with Crippen molar-refractivity contribution in [2.75, 3.05) is 26.4 Å². The maximum atomic E-state index is 12.3. The Morgan fingerprint density at radius 3 is 2.12 bits per heavy atom. The molecule has 5 aromatic rings. The van der Waals surface area contributed by atoms with E-state index in [2.05, 4.69) is 116 Å². The summed E-state index contributed by atoms with van der Waals surface area (Å²) < 4.78 is 23.7. The number of esters is 1. The van der Waals surface area contributed by atoms with Crippen LogP contribution in [0.25, 0.3) is 12.2 Å². The molecule has 0 radical (unpaired) electrons. The minimum Gasteiger partial charge on any atom is -0.491 e. The van der Waals surface area contributed by atoms with Gasteiger partial charge >= 0.3 is 5.97 Å². The number of hydrogen-bond acceptors (Lipinski definition) is 5. The summed E-state index contributed by atoms with van der Waals surface area (Å²) in [5, 5.41) is 0. The van der Waals surface area contributed by atoms with Gasteiger partial charge in [0.1, 0.15) is 18.5 Å². The SMILES string of the molecule is CCOC(=O)C(Cc1ccc(OCCOC2c3ccc(Cc4ccccc4)cc3C=Cc3ccc(C(C)c4ccccc4)cc32)cc1)OCC. The van der Waals surface area contributed by atoms with Crippen molar-refractivity contribution in [1.29, 1.82) is 0 Å². The van der Waals surface area contributed by atoms with E-state index in [4.69, 9.17) is 18.9 Å². The number of carbonyl (C=O) groups is 1. The van der Waals surface area contributed by atoms with E-state index in [0.717, 1.165) is 34.4 Å². The molecule has 5 nitrogen and oxygen atoms in total. The first kappa shape index (κ1) is 34.9. The third-order valence-electron chi connectivity index (χ3n) is 9.22. The molecule has 256 valence electrons. The molecule has 5 heteroatoms. The van der Waals surface area contributed by atoms with Crippen LogP contribution < -0.4 is 4.74 Å². The molecule has 0 N–H and O–H groups in total. The summed E-state index contributed by atoms with van der Waals surface area (Å²) in [4.78, 5) is 12.3. The Morgan fingerprint density at radius 1 is 0.660 bits per heavy atom. The summed E-state index contributed by atoms with van der Waals surface area (Å²) in [6, 6.07) is 42.6. The topological polar surface area (TPSA) is 54.0 Å². The molecule has 0 spiro atoms. The average Bonchev–Trinajstić information content (AvgIpc) is 3.30. The van der Waals surface area contributed by atoms with Crippen LogP contribution in [0.3, 0.4) is 0 Å². The standard InChI is InChI=1S/C45H46O5/c1-4-47-43(45(46)48-5-2)30-34-16-23-40(24-17-34)49-26-27-50-44-41-25-18-35(28-33-12-8-6-9-13-33)29-39(41)22-20-37-19-21-38(31-42(37)44)32(3)36-14-10-7-11-15-36/h6-25,29,31-32,43-44H,4-5,26-28,30H2,1-3H3. The van der Waals surface area contributed by atoms with Crippen molar-refractivity contribution in [3.63, 3.8) is 0 Å². The van der Waals surface area contributed by atoms with E-state index in [0.29, 0.717) is 32.8 Å². The summed E-state index contributed by atoms with van der Waals surface area (Å²) in [6.45, 7) is 7.51. The number of hydrogen-bond donors (Lipinski definition) is 0. The Bertz CT molecular complexity index is 1860. The minimum absolute atomic E-state index is 0.245. The molecule has 3 unspecified atom stereocenters. The Morgan fingerprint density at radius 2 is 1.38 bits per heavy atom. The molecule has 1 aliphatic rings. The second kappa shape index (κ2) is 17.1. The van der Waals surface area contributed by atoms with Gasteiger partial charge in [-0.05, 0) is 82.5 Å². The zero-order valence-electron chi connectivity index (χ0n) is 29.2. The highest BCUT2D eigenvalue weighted by atomic mass is 16.6. The molecule has 5 aromatic carbocycles. The predicted molar refractivity (Wildman–Crippen MR) is 201 cm³/mol. The van der Waals surface area contributed by atoms with Gasteiger partial charge in [-0.25, -0.2) is 4.79 Å². The van der Waals surface area contributed by atoms with E-state index in [1.165, 1.54) is 27.8 Å². The molecular weight excluding hydrogens is 620 g/mol. The molecule has 6 rings (SSSR count). The van der Waals surface area contributed by atoms with Crippen LogP contribution in [0.5, 0.6) is 5.75 Å². The summed E-state index contributed by atoms with van der Waals surface area (Å²) in [6.07, 6.45) is 4.89. The van der Waals surface area contributed by atoms with Crippen LogP contribution in [-0.2, 0) is 31.8 Å². The molecule has 0 saturated heterocycles. The summed E-state index contributed by atoms with van der Waals surface area (Å²) in [5.41, 5.74) is 10.7. The van der Waals surface area contributed by atoms with Crippen LogP contribution >= 0.6 is 0 Å². The lowest BCUT2D eigenvalue weighted by Gasteiger charge is -2.23. The van der Waals surface area contributed by atoms with Crippen LogP contribution in [0.4, 0.5) is 0 Å². The first-order chi connectivity index (χ1) is 24.5. The van der Waals surface area contributed by atoms with Gasteiger partial charge in [0.15, 0.2) is 6.10 Å². The van der Waals surface area contributed by atoms with Crippen LogP contribution in [-0.4, -0.2) is 38.5 Å². The lowest BCUT2D eigenvalue weighted by Crippen LogP contribution is -2.28. The lowest BCUT2D eigenvalue weighted by atomic mass is 9.88. The molecule has 50 heavy (non-hydrogen) atoms. The van der Waals surface area contributed by atoms with Gasteiger partial charge in [0, 0.05) is 18.9 Å². The second-order valence-electron chi connectivity index (χ2n) is 12.6. The maximum absolute atomic E-state index is 12.3. The maximum Gasteiger partial charge on any atom is 0.335 e. The molecule has 0 aliphatic heterocycles. The monoisotopic (exact) mass is 666 g/mol. The number of fused-ring (bicyclic) bond motifs is 2. The average molecular weight is 667 g/mol. The van der Waals surface area contributed by atoms with E-state index in [9.17, 15) is 4.79 Å². The fraction of sp³-hybridized carbons (Fsp3) is 0.267. The van der Waals surface area contributed by atoms with Crippen molar-refractivity contribution in [3.8, 4) is 5.75 Å². The van der Waals surface area contributed by atoms with Crippen LogP contribution in [0.15, 0.2) is 121 Å². The van der Waals surface area contributed by atoms with E-state index >= 15 is 0 Å². The van der Waals surface area contributed by atoms with Gasteiger partial charge in [-0.2, -0.15) is 0 Å². The molecule has 0 bridgehead atoms. The van der Waals surface area contributed by atoms with Crippen molar-refractivity contribution in [1.82, 2.24) is 0 Å². The molecule has 0 saturated carbocycles. The fourth-order valence-corrected chi connectivity index (χ4v) is 6.56. The predicted octanol–water partition coefficient (Wildman–Crippen LogP) is 9.61. The van der Waals surface area contributed by atoms with Gasteiger partial charge in [0.05, 0.1) is 13.2 Å². The third kappa shape index (κ3) is 8.78. The van der Waals surface area contributed by atoms with Crippen molar-refractivity contribution in [2.24, 2.45) is 0 Å². The molecular formula is C45H46O5. The molecule has 0 heterocycles. The first-order valence-corrected chi connectivity index (χ1v) is 17.7. The summed E-state index contributed by atoms with van der Waals surface area (Å²) in [5.74, 6) is 0.654. The number of carbonyl (C=O) groups excluding carboxylic acids is 1. The highest BCUT2D eigenvalue weighted by Gasteiger charge is 2.25. The highest BCUT2D eigenvalue weighted by Crippen LogP contribution is 2.38. The van der Waals surface area contributed by atoms with E-state index in [1.807, 2.05) is 31.2 Å². The fourth-order valence-electron chi connectivity index (χ4n) is 6.56. The zero-order chi connectivity index (χ0) is 34.7. The quantitative estimate of drug-likeness (QED) is 0.0823. The van der Waals surface area contributed by atoms with Crippen molar-refractivity contribution >= 4 is 18.1 Å². The van der Waals surface area contributed by atoms with Gasteiger partial charge in [-0.15, -0.1) is 0 Å². The number of ether oxygens (including phenoxy) is 4. The zero-order valence-corrected chi connectivity index (χ0v) is 29.2. The first-order valence-electron chi connectivity index (χ1n) is 17.7. The highest BCUT2D eigenvalue weighted by molar-refractivity contribution is 5.77. The second-order valence-corrected chi connectivity index (χ2v) is 12.6. The Labute approximate surface area is 296 Å². The van der Waals surface area contributed by atoms with Crippen molar-refractivity contribution < 1.29 is 23.7 Å². The van der Waals surface area contributed by atoms with Gasteiger partial charge in [0.25, 0.3) is 0 Å². The van der Waals surface area contributed by atoms with Gasteiger partial charge in [-0.1, -0.05) is 128 Å². The third-order valence-corrected chi connectivity index (χ3v) is 9.22. The molecule has 0 amide bonds. The molecule has 0 fully saturated rings. The van der Waals surface area contributed by atoms with Gasteiger partial charge in [0.2, 0.25) is 0 Å². The van der Waals surface area contributed by atoms with Crippen LogP contribution in [0.1, 0.15) is 82.9 Å². The molecule has 0 aromatic heterocycles. The largest absolute Gasteiger partial charge is 0.491 e. The Hall–Kier alpha value is -4.97. The van der Waals surface area contributed by atoms with Crippen molar-refractivity contribution in [2.45, 2.75) is 51.7 Å². The lowest BCUT2D eigenvalue weighted by molar-refractivity contribution is -0.156. The Balaban J connectivity index is 1.19. The van der Waals surface area contributed by atoms with Crippen LogP contribution in [0.2, 0.25) is 0 Å². The summed E-state index contributed by atoms with van der Waals surface area (Å²) >= 11 is 0. The van der Waals surface area contributed by atoms with E-state index in [1.54, 1.807) is 6.92 Å². The van der Waals surface area contributed by atoms with Crippen LogP contribution in [0, 0.1) is 0 Å². The molecule has 1 aliphatic carbocycles. The van der Waals surface area contributed by atoms with E-state index in [-0.39, 0.29) is 18.0 Å². The number of rotatable bonds is 15. The smallest absolute Gasteiger partial charge is 0.335 e.